The lowest BCUT2D eigenvalue weighted by atomic mass is 10.0. The first-order valence-electron chi connectivity index (χ1n) is 12.8. The molecule has 0 spiro atoms. The molecule has 2 aromatic heterocycles. The first-order valence-corrected chi connectivity index (χ1v) is 12.8. The normalized spacial score (nSPS) is 12.0. The second kappa shape index (κ2) is 12.2. The number of aryl methyl sites for hydroxylation is 2. The fourth-order valence-corrected chi connectivity index (χ4v) is 4.29. The van der Waals surface area contributed by atoms with Gasteiger partial charge in [0.1, 0.15) is 11.3 Å². The predicted molar refractivity (Wildman–Crippen MR) is 140 cm³/mol. The van der Waals surface area contributed by atoms with Crippen LogP contribution in [0.2, 0.25) is 0 Å². The molecular weight excluding hydrogens is 426 g/mol. The van der Waals surface area contributed by atoms with Crippen molar-refractivity contribution in [3.8, 4) is 0 Å². The number of hydrogen-bond acceptors (Lipinski definition) is 5. The van der Waals surface area contributed by atoms with Crippen molar-refractivity contribution in [1.82, 2.24) is 19.9 Å². The summed E-state index contributed by atoms with van der Waals surface area (Å²) in [5.74, 6) is 1.60. The highest BCUT2D eigenvalue weighted by Gasteiger charge is 2.22. The number of para-hydroxylation sites is 1. The van der Waals surface area contributed by atoms with E-state index in [1.165, 1.54) is 0 Å². The van der Waals surface area contributed by atoms with Crippen LogP contribution in [0.15, 0.2) is 24.3 Å². The maximum atomic E-state index is 12.4. The van der Waals surface area contributed by atoms with Crippen molar-refractivity contribution in [3.63, 3.8) is 0 Å². The van der Waals surface area contributed by atoms with Gasteiger partial charge in [0.2, 0.25) is 5.91 Å². The van der Waals surface area contributed by atoms with Crippen LogP contribution in [-0.2, 0) is 22.5 Å². The summed E-state index contributed by atoms with van der Waals surface area (Å²) in [6.07, 6.45) is 7.44. The molecule has 3 rings (SSSR count). The number of nitrogens with two attached hydrogens (primary N) is 1. The Hall–Kier alpha value is -2.67. The summed E-state index contributed by atoms with van der Waals surface area (Å²) in [6.45, 7) is 10.5. The third-order valence-electron chi connectivity index (χ3n) is 6.15. The molecule has 0 aliphatic carbocycles. The second-order valence-corrected chi connectivity index (χ2v) is 9.69. The molecule has 0 aliphatic heterocycles. The lowest BCUT2D eigenvalue weighted by Gasteiger charge is -2.24. The number of nitrogens with one attached hydrogen (secondary N) is 1. The van der Waals surface area contributed by atoms with Crippen molar-refractivity contribution >= 4 is 33.7 Å². The summed E-state index contributed by atoms with van der Waals surface area (Å²) in [6, 6.07) is 8.11. The Kier molecular flexibility index (Phi) is 9.28. The number of nitrogens with zero attached hydrogens (tertiary/aromatic N) is 3. The van der Waals surface area contributed by atoms with Crippen molar-refractivity contribution in [2.45, 2.75) is 91.2 Å². The number of imidazole rings is 1. The molecule has 0 atom stereocenters. The van der Waals surface area contributed by atoms with Gasteiger partial charge in [-0.1, -0.05) is 44.9 Å². The zero-order chi connectivity index (χ0) is 24.6. The number of nitrogen functional groups attached to an aromatic ring is 1. The lowest BCUT2D eigenvalue weighted by Crippen LogP contribution is -2.35. The highest BCUT2D eigenvalue weighted by molar-refractivity contribution is 6.06. The summed E-state index contributed by atoms with van der Waals surface area (Å²) in [5, 5.41) is 4.14. The van der Waals surface area contributed by atoms with Crippen LogP contribution in [0, 0.1) is 0 Å². The molecule has 7 nitrogen and oxygen atoms in total. The van der Waals surface area contributed by atoms with E-state index in [9.17, 15) is 4.79 Å². The van der Waals surface area contributed by atoms with Crippen LogP contribution in [0.4, 0.5) is 5.82 Å². The van der Waals surface area contributed by atoms with Crippen LogP contribution in [0.3, 0.4) is 0 Å². The van der Waals surface area contributed by atoms with Crippen LogP contribution in [0.5, 0.6) is 0 Å². The summed E-state index contributed by atoms with van der Waals surface area (Å²) < 4.78 is 8.18. The van der Waals surface area contributed by atoms with Crippen molar-refractivity contribution < 1.29 is 9.53 Å². The third-order valence-corrected chi connectivity index (χ3v) is 6.15. The van der Waals surface area contributed by atoms with Gasteiger partial charge >= 0.3 is 0 Å². The van der Waals surface area contributed by atoms with E-state index in [0.717, 1.165) is 79.3 Å². The molecule has 0 bridgehead atoms. The van der Waals surface area contributed by atoms with E-state index in [-0.39, 0.29) is 5.91 Å². The Bertz CT molecular complexity index is 1090. The zero-order valence-electron chi connectivity index (χ0n) is 21.3. The summed E-state index contributed by atoms with van der Waals surface area (Å²) in [7, 11) is 0. The molecule has 0 radical (unpaired) electrons. The van der Waals surface area contributed by atoms with Gasteiger partial charge in [-0.2, -0.15) is 0 Å². The smallest absolute Gasteiger partial charge is 0.222 e. The van der Waals surface area contributed by atoms with Crippen LogP contribution < -0.4 is 11.1 Å². The predicted octanol–water partition coefficient (Wildman–Crippen LogP) is 5.39. The van der Waals surface area contributed by atoms with Crippen molar-refractivity contribution in [3.05, 3.63) is 30.1 Å². The first-order chi connectivity index (χ1) is 16.4. The molecule has 7 heteroatoms. The monoisotopic (exact) mass is 467 g/mol. The molecule has 3 N–H and O–H groups in total. The molecule has 0 unspecified atom stereocenters. The Balaban J connectivity index is 1.63. The summed E-state index contributed by atoms with van der Waals surface area (Å²) >= 11 is 0. The fourth-order valence-electron chi connectivity index (χ4n) is 4.29. The molecular formula is C27H41N5O2. The lowest BCUT2D eigenvalue weighted by molar-refractivity contribution is -0.127. The number of aromatic nitrogens is 3. The average molecular weight is 468 g/mol. The number of carbonyl (C=O) groups is 1. The summed E-state index contributed by atoms with van der Waals surface area (Å²) in [5.41, 5.74) is 8.62. The second-order valence-electron chi connectivity index (χ2n) is 9.69. The minimum absolute atomic E-state index is 0.0445. The SMILES string of the molecule is CCCCOC(C)(C)CC(=O)NCCCCn1c(CCCC)nc2c(N)nc3ccccc3c21. The minimum atomic E-state index is -0.432. The number of fused-ring (bicyclic) bond motifs is 3. The number of amides is 1. The fraction of sp³-hybridized carbons (Fsp3) is 0.593. The van der Waals surface area contributed by atoms with E-state index in [1.807, 2.05) is 32.0 Å². The third kappa shape index (κ3) is 6.69. The number of ether oxygens (including phenoxy) is 1. The number of pyridine rings is 1. The molecule has 0 saturated carbocycles. The molecule has 34 heavy (non-hydrogen) atoms. The molecule has 186 valence electrons. The van der Waals surface area contributed by atoms with Crippen LogP contribution in [-0.4, -0.2) is 39.2 Å². The van der Waals surface area contributed by atoms with Gasteiger partial charge in [-0.3, -0.25) is 4.79 Å². The van der Waals surface area contributed by atoms with Gasteiger partial charge in [-0.05, 0) is 45.6 Å². The Morgan fingerprint density at radius 3 is 2.62 bits per heavy atom. The zero-order valence-corrected chi connectivity index (χ0v) is 21.3. The Morgan fingerprint density at radius 1 is 1.09 bits per heavy atom. The van der Waals surface area contributed by atoms with Crippen LogP contribution >= 0.6 is 0 Å². The van der Waals surface area contributed by atoms with Gasteiger partial charge in [0, 0.05) is 31.5 Å². The van der Waals surface area contributed by atoms with Gasteiger partial charge in [0.05, 0.1) is 23.1 Å². The maximum absolute atomic E-state index is 12.4. The van der Waals surface area contributed by atoms with Gasteiger partial charge in [-0.25, -0.2) is 9.97 Å². The first kappa shape index (κ1) is 25.9. The van der Waals surface area contributed by atoms with Gasteiger partial charge < -0.3 is 20.4 Å². The molecule has 0 aliphatic rings. The number of benzene rings is 1. The Labute approximate surface area is 203 Å². The molecule has 0 fully saturated rings. The standard InChI is InChI=1S/C27H41N5O2/c1-5-7-15-22-31-24-25(20-13-9-10-14-21(20)30-26(24)28)32(22)17-12-11-16-29-23(33)19-27(3,4)34-18-8-6-2/h9-10,13-14H,5-8,11-12,15-19H2,1-4H3,(H2,28,30)(H,29,33). The Morgan fingerprint density at radius 2 is 1.85 bits per heavy atom. The van der Waals surface area contributed by atoms with Crippen LogP contribution in [0.25, 0.3) is 21.9 Å². The van der Waals surface area contributed by atoms with Crippen molar-refractivity contribution in [1.29, 1.82) is 0 Å². The van der Waals surface area contributed by atoms with E-state index in [1.54, 1.807) is 0 Å². The van der Waals surface area contributed by atoms with Gasteiger partial charge in [-0.15, -0.1) is 0 Å². The van der Waals surface area contributed by atoms with Crippen LogP contribution in [0.1, 0.15) is 78.5 Å². The highest BCUT2D eigenvalue weighted by atomic mass is 16.5. The largest absolute Gasteiger partial charge is 0.382 e. The number of unbranched alkanes of at least 4 members (excludes halogenated alkanes) is 3. The number of anilines is 1. The maximum Gasteiger partial charge on any atom is 0.222 e. The van der Waals surface area contributed by atoms with E-state index in [4.69, 9.17) is 15.5 Å². The quantitative estimate of drug-likeness (QED) is 0.310. The molecule has 2 heterocycles. The van der Waals surface area contributed by atoms with E-state index in [0.29, 0.717) is 25.4 Å². The molecule has 3 aromatic rings. The molecule has 1 amide bonds. The minimum Gasteiger partial charge on any atom is -0.382 e. The van der Waals surface area contributed by atoms with E-state index in [2.05, 4.69) is 34.8 Å². The summed E-state index contributed by atoms with van der Waals surface area (Å²) in [4.78, 5) is 21.8. The van der Waals surface area contributed by atoms with Crippen molar-refractivity contribution in [2.24, 2.45) is 0 Å². The topological polar surface area (TPSA) is 95.1 Å². The van der Waals surface area contributed by atoms with E-state index < -0.39 is 5.60 Å². The number of carbonyl (C=O) groups excluding carboxylic acids is 1. The van der Waals surface area contributed by atoms with Crippen molar-refractivity contribution in [2.75, 3.05) is 18.9 Å². The molecule has 1 aromatic carbocycles. The number of rotatable bonds is 14. The average Bonchev–Trinajstić information content (AvgIpc) is 3.16. The highest BCUT2D eigenvalue weighted by Crippen LogP contribution is 2.29. The van der Waals surface area contributed by atoms with E-state index >= 15 is 0 Å². The van der Waals surface area contributed by atoms with Gasteiger partial charge in [0.15, 0.2) is 5.82 Å². The number of hydrogen-bond donors (Lipinski definition) is 2. The molecule has 0 saturated heterocycles. The van der Waals surface area contributed by atoms with Gasteiger partial charge in [0.25, 0.3) is 0 Å².